The van der Waals surface area contributed by atoms with E-state index in [1.807, 2.05) is 72.8 Å². The topological polar surface area (TPSA) is 62.5 Å². The molecule has 0 fully saturated rings. The molecule has 0 bridgehead atoms. The maximum Gasteiger partial charge on any atom is 0.162 e. The predicted molar refractivity (Wildman–Crippen MR) is 161 cm³/mol. The lowest BCUT2D eigenvalue weighted by Gasteiger charge is -2.08. The molecule has 0 saturated carbocycles. The van der Waals surface area contributed by atoms with Crippen molar-refractivity contribution < 1.29 is 0 Å². The van der Waals surface area contributed by atoms with Crippen LogP contribution in [-0.4, -0.2) is 21.6 Å². The van der Waals surface area contributed by atoms with Crippen LogP contribution in [0.1, 0.15) is 11.1 Å². The summed E-state index contributed by atoms with van der Waals surface area (Å²) in [6.45, 7) is 0. The molecule has 39 heavy (non-hydrogen) atoms. The smallest absolute Gasteiger partial charge is 0.162 e. The van der Waals surface area contributed by atoms with Crippen LogP contribution in [0.3, 0.4) is 0 Å². The molecule has 184 valence electrons. The van der Waals surface area contributed by atoms with Crippen molar-refractivity contribution in [2.24, 2.45) is 9.98 Å². The molecule has 0 spiro atoms. The highest BCUT2D eigenvalue weighted by Gasteiger charge is 2.30. The van der Waals surface area contributed by atoms with Gasteiger partial charge in [-0.1, -0.05) is 109 Å². The van der Waals surface area contributed by atoms with E-state index in [0.717, 1.165) is 43.8 Å². The lowest BCUT2D eigenvalue weighted by Crippen LogP contribution is -2.23. The quantitative estimate of drug-likeness (QED) is 0.269. The van der Waals surface area contributed by atoms with Crippen molar-refractivity contribution in [1.82, 2.24) is 15.3 Å². The first-order valence-electron chi connectivity index (χ1n) is 12.8. The highest BCUT2D eigenvalue weighted by atomic mass is 15.1. The summed E-state index contributed by atoms with van der Waals surface area (Å²) < 4.78 is 0. The molecule has 4 aromatic carbocycles. The minimum Gasteiger partial charge on any atom is -0.324 e. The average Bonchev–Trinajstić information content (AvgIpc) is 3.35. The van der Waals surface area contributed by atoms with Crippen LogP contribution in [0, 0.1) is 0 Å². The molecule has 0 unspecified atom stereocenters. The maximum atomic E-state index is 5.11. The lowest BCUT2D eigenvalue weighted by atomic mass is 9.96. The number of nitrogens with zero attached hydrogens (tertiary/aromatic N) is 4. The molecular formula is C34H23N5. The third-order valence-corrected chi connectivity index (χ3v) is 6.83. The fourth-order valence-electron chi connectivity index (χ4n) is 5.01. The summed E-state index contributed by atoms with van der Waals surface area (Å²) in [7, 11) is 0. The van der Waals surface area contributed by atoms with E-state index in [9.17, 15) is 0 Å². The summed E-state index contributed by atoms with van der Waals surface area (Å²) in [5.41, 5.74) is 4.02. The van der Waals surface area contributed by atoms with Gasteiger partial charge in [0.1, 0.15) is 11.7 Å². The van der Waals surface area contributed by atoms with Gasteiger partial charge in [0.25, 0.3) is 0 Å². The zero-order valence-corrected chi connectivity index (χ0v) is 21.0. The van der Waals surface area contributed by atoms with Crippen molar-refractivity contribution in [3.05, 3.63) is 145 Å². The number of aromatic nitrogens is 2. The van der Waals surface area contributed by atoms with E-state index in [-0.39, 0.29) is 0 Å². The monoisotopic (exact) mass is 501 g/mol. The summed E-state index contributed by atoms with van der Waals surface area (Å²) in [6.07, 6.45) is 3.60. The van der Waals surface area contributed by atoms with Crippen LogP contribution < -0.4 is 5.32 Å². The number of nitrogens with one attached hydrogen (secondary N) is 1. The first kappa shape index (κ1) is 22.8. The summed E-state index contributed by atoms with van der Waals surface area (Å²) in [5.74, 6) is 2.70. The maximum absolute atomic E-state index is 5.11. The molecule has 0 atom stereocenters. The van der Waals surface area contributed by atoms with E-state index in [1.54, 1.807) is 12.4 Å². The standard InChI is InChI=1S/C34H23N5/c1-3-13-25(14-4-1)29-30(26-15-5-2-6-16-26)34(38-32-28-18-10-8-12-24(28)20-22-36-32)39-33(29)37-31-27-17-9-7-11-23(27)19-21-35-31/h1-22H,(H,35,36,37,38,39). The van der Waals surface area contributed by atoms with Gasteiger partial charge in [-0.05, 0) is 34.0 Å². The van der Waals surface area contributed by atoms with Crippen LogP contribution in [0.25, 0.3) is 32.7 Å². The molecule has 7 rings (SSSR count). The minimum atomic E-state index is 0.654. The van der Waals surface area contributed by atoms with Gasteiger partial charge in [0.2, 0.25) is 0 Å². The van der Waals surface area contributed by atoms with Crippen molar-refractivity contribution >= 4 is 56.0 Å². The number of rotatable bonds is 4. The Morgan fingerprint density at radius 3 is 1.31 bits per heavy atom. The van der Waals surface area contributed by atoms with E-state index < -0.39 is 0 Å². The Balaban J connectivity index is 1.51. The summed E-state index contributed by atoms with van der Waals surface area (Å²) in [4.78, 5) is 19.5. The van der Waals surface area contributed by atoms with E-state index >= 15 is 0 Å². The zero-order chi connectivity index (χ0) is 26.0. The highest BCUT2D eigenvalue weighted by molar-refractivity contribution is 6.52. The van der Waals surface area contributed by atoms with Gasteiger partial charge in [0.05, 0.1) is 0 Å². The molecule has 0 saturated heterocycles. The summed E-state index contributed by atoms with van der Waals surface area (Å²) in [5, 5.41) is 7.72. The Bertz CT molecular complexity index is 1770. The molecule has 3 heterocycles. The van der Waals surface area contributed by atoms with E-state index in [1.165, 1.54) is 0 Å². The van der Waals surface area contributed by atoms with Crippen LogP contribution in [-0.2, 0) is 0 Å². The first-order chi connectivity index (χ1) is 19.3. The second-order valence-electron chi connectivity index (χ2n) is 9.24. The van der Waals surface area contributed by atoms with E-state index in [4.69, 9.17) is 9.98 Å². The van der Waals surface area contributed by atoms with Crippen molar-refractivity contribution in [2.75, 3.05) is 0 Å². The molecule has 5 heteroatoms. The molecule has 1 aliphatic rings. The third kappa shape index (κ3) is 4.26. The summed E-state index contributed by atoms with van der Waals surface area (Å²) >= 11 is 0. The molecule has 0 aliphatic carbocycles. The van der Waals surface area contributed by atoms with E-state index in [2.05, 4.69) is 63.8 Å². The Morgan fingerprint density at radius 2 is 0.846 bits per heavy atom. The molecule has 6 aromatic rings. The molecule has 0 amide bonds. The van der Waals surface area contributed by atoms with Crippen LogP contribution in [0.5, 0.6) is 0 Å². The van der Waals surface area contributed by atoms with Crippen LogP contribution >= 0.6 is 0 Å². The largest absolute Gasteiger partial charge is 0.324 e. The van der Waals surface area contributed by atoms with Crippen LogP contribution in [0.15, 0.2) is 144 Å². The van der Waals surface area contributed by atoms with Gasteiger partial charge in [-0.25, -0.2) is 20.0 Å². The van der Waals surface area contributed by atoms with Gasteiger partial charge < -0.3 is 5.32 Å². The van der Waals surface area contributed by atoms with Gasteiger partial charge in [-0.15, -0.1) is 0 Å². The van der Waals surface area contributed by atoms with Crippen LogP contribution in [0.4, 0.5) is 11.6 Å². The van der Waals surface area contributed by atoms with Gasteiger partial charge in [0.15, 0.2) is 11.6 Å². The van der Waals surface area contributed by atoms with Gasteiger partial charge in [0, 0.05) is 34.3 Å². The highest BCUT2D eigenvalue weighted by Crippen LogP contribution is 2.36. The number of aliphatic imine (C=N–C) groups is 2. The molecule has 1 N–H and O–H groups in total. The number of hydrogen-bond acceptors (Lipinski definition) is 4. The first-order valence-corrected chi connectivity index (χ1v) is 12.8. The number of hydrogen-bond donors (Lipinski definition) is 1. The van der Waals surface area contributed by atoms with Crippen molar-refractivity contribution in [1.29, 1.82) is 0 Å². The number of amidine groups is 2. The molecule has 5 nitrogen and oxygen atoms in total. The fraction of sp³-hybridized carbons (Fsp3) is 0. The molecule has 2 aromatic heterocycles. The van der Waals surface area contributed by atoms with Crippen molar-refractivity contribution in [3.8, 4) is 0 Å². The predicted octanol–water partition coefficient (Wildman–Crippen LogP) is 7.76. The fourth-order valence-corrected chi connectivity index (χ4v) is 5.01. The summed E-state index contributed by atoms with van der Waals surface area (Å²) in [6, 6.07) is 41.0. The second kappa shape index (κ2) is 9.80. The number of fused-ring (bicyclic) bond motifs is 2. The van der Waals surface area contributed by atoms with Crippen molar-refractivity contribution in [3.63, 3.8) is 0 Å². The number of pyridine rings is 2. The Kier molecular flexibility index (Phi) is 5.72. The van der Waals surface area contributed by atoms with Gasteiger partial charge in [-0.3, -0.25) is 0 Å². The molecular weight excluding hydrogens is 478 g/mol. The third-order valence-electron chi connectivity index (χ3n) is 6.83. The zero-order valence-electron chi connectivity index (χ0n) is 21.0. The number of benzene rings is 4. The van der Waals surface area contributed by atoms with Gasteiger partial charge in [-0.2, -0.15) is 0 Å². The van der Waals surface area contributed by atoms with Crippen molar-refractivity contribution in [2.45, 2.75) is 0 Å². The average molecular weight is 502 g/mol. The molecule has 0 radical (unpaired) electrons. The van der Waals surface area contributed by atoms with Gasteiger partial charge >= 0.3 is 0 Å². The van der Waals surface area contributed by atoms with E-state index in [0.29, 0.717) is 23.3 Å². The second-order valence-corrected chi connectivity index (χ2v) is 9.24. The molecule has 1 aliphatic heterocycles. The minimum absolute atomic E-state index is 0.654. The Hall–Kier alpha value is -5.42. The SMILES string of the molecule is c1ccc(C2=C(c3ccccc3)C(=N\c3nccc4ccccc34)/N/C2=N\c2nccc3ccccc23)cc1. The Morgan fingerprint density at radius 1 is 0.436 bits per heavy atom. The normalized spacial score (nSPS) is 15.4. The Labute approximate surface area is 226 Å². The lowest BCUT2D eigenvalue weighted by molar-refractivity contribution is 1.26. The van der Waals surface area contributed by atoms with Crippen LogP contribution in [0.2, 0.25) is 0 Å².